The number of anilines is 2. The third kappa shape index (κ3) is 3.64. The van der Waals surface area contributed by atoms with E-state index in [1.54, 1.807) is 44.3 Å². The summed E-state index contributed by atoms with van der Waals surface area (Å²) in [6.45, 7) is 7.51. The van der Waals surface area contributed by atoms with E-state index in [4.69, 9.17) is 4.74 Å². The van der Waals surface area contributed by atoms with Crippen LogP contribution in [0.25, 0.3) is 0 Å². The van der Waals surface area contributed by atoms with Crippen molar-refractivity contribution in [3.63, 3.8) is 0 Å². The van der Waals surface area contributed by atoms with E-state index in [0.717, 1.165) is 5.56 Å². The highest BCUT2D eigenvalue weighted by Crippen LogP contribution is 2.37. The number of hydrogen-bond donors (Lipinski definition) is 1. The third-order valence-electron chi connectivity index (χ3n) is 4.68. The van der Waals surface area contributed by atoms with Gasteiger partial charge in [0.25, 0.3) is 10.0 Å². The van der Waals surface area contributed by atoms with Crippen molar-refractivity contribution in [1.29, 1.82) is 0 Å². The zero-order valence-corrected chi connectivity index (χ0v) is 17.0. The van der Waals surface area contributed by atoms with E-state index < -0.39 is 15.4 Å². The fourth-order valence-electron chi connectivity index (χ4n) is 3.06. The van der Waals surface area contributed by atoms with Crippen LogP contribution in [-0.2, 0) is 14.8 Å². The zero-order valence-electron chi connectivity index (χ0n) is 16.2. The molecule has 0 saturated carbocycles. The van der Waals surface area contributed by atoms with Crippen molar-refractivity contribution < 1.29 is 17.9 Å². The number of hydrogen-bond acceptors (Lipinski definition) is 4. The summed E-state index contributed by atoms with van der Waals surface area (Å²) in [4.78, 5) is 14.4. The van der Waals surface area contributed by atoms with Crippen LogP contribution in [0.2, 0.25) is 0 Å². The molecule has 1 amide bonds. The molecule has 144 valence electrons. The Kier molecular flexibility index (Phi) is 4.67. The fraction of sp³-hybridized carbons (Fsp3) is 0.350. The third-order valence-corrected chi connectivity index (χ3v) is 6.20. The Morgan fingerprint density at radius 3 is 2.52 bits per heavy atom. The van der Waals surface area contributed by atoms with E-state index in [1.165, 1.54) is 4.90 Å². The standard InChI is InChI=1S/C20H24N2O4S/c1-13-6-7-14(2)18(10-13)27(24,25)21-15-8-9-17-16(11-15)22(5)19(23)20(3,4)12-26-17/h6-11,21H,12H2,1-5H3. The van der Waals surface area contributed by atoms with E-state index in [1.807, 2.05) is 26.8 Å². The number of carbonyl (C=O) groups excluding carboxylic acids is 1. The summed E-state index contributed by atoms with van der Waals surface area (Å²) in [6.07, 6.45) is 0. The summed E-state index contributed by atoms with van der Waals surface area (Å²) in [5.74, 6) is 0.460. The normalized spacial score (nSPS) is 16.3. The maximum Gasteiger partial charge on any atom is 0.262 e. The number of aryl methyl sites for hydroxylation is 2. The topological polar surface area (TPSA) is 75.7 Å². The van der Waals surface area contributed by atoms with Gasteiger partial charge in [-0.1, -0.05) is 12.1 Å². The fourth-order valence-corrected chi connectivity index (χ4v) is 4.44. The van der Waals surface area contributed by atoms with Gasteiger partial charge in [0, 0.05) is 7.05 Å². The maximum atomic E-state index is 12.8. The average molecular weight is 388 g/mol. The number of ether oxygens (including phenoxy) is 1. The summed E-state index contributed by atoms with van der Waals surface area (Å²) in [5.41, 5.74) is 1.78. The van der Waals surface area contributed by atoms with Crippen LogP contribution in [0.15, 0.2) is 41.3 Å². The molecule has 2 aromatic rings. The molecular weight excluding hydrogens is 364 g/mol. The highest BCUT2D eigenvalue weighted by Gasteiger charge is 2.36. The van der Waals surface area contributed by atoms with Crippen molar-refractivity contribution in [3.05, 3.63) is 47.5 Å². The smallest absolute Gasteiger partial charge is 0.262 e. The van der Waals surface area contributed by atoms with Crippen molar-refractivity contribution in [1.82, 2.24) is 0 Å². The Labute approximate surface area is 160 Å². The molecule has 27 heavy (non-hydrogen) atoms. The first kappa shape index (κ1) is 19.2. The number of sulfonamides is 1. The quantitative estimate of drug-likeness (QED) is 0.873. The predicted octanol–water partition coefficient (Wildman–Crippen LogP) is 3.49. The maximum absolute atomic E-state index is 12.8. The van der Waals surface area contributed by atoms with Gasteiger partial charge in [0.15, 0.2) is 0 Å². The van der Waals surface area contributed by atoms with Gasteiger partial charge in [-0.2, -0.15) is 0 Å². The summed E-state index contributed by atoms with van der Waals surface area (Å²) >= 11 is 0. The summed E-state index contributed by atoms with van der Waals surface area (Å²) in [5, 5.41) is 0. The van der Waals surface area contributed by atoms with Crippen molar-refractivity contribution in [2.75, 3.05) is 23.3 Å². The first-order valence-corrected chi connectivity index (χ1v) is 10.1. The lowest BCUT2D eigenvalue weighted by Crippen LogP contribution is -2.39. The summed E-state index contributed by atoms with van der Waals surface area (Å²) < 4.78 is 34.1. The Morgan fingerprint density at radius 1 is 1.11 bits per heavy atom. The monoisotopic (exact) mass is 388 g/mol. The van der Waals surface area contributed by atoms with Crippen LogP contribution in [-0.4, -0.2) is 28.0 Å². The van der Waals surface area contributed by atoms with E-state index in [9.17, 15) is 13.2 Å². The minimum atomic E-state index is -3.75. The highest BCUT2D eigenvalue weighted by atomic mass is 32.2. The van der Waals surface area contributed by atoms with Crippen molar-refractivity contribution in [2.24, 2.45) is 5.41 Å². The van der Waals surface area contributed by atoms with Gasteiger partial charge in [-0.05, 0) is 63.1 Å². The van der Waals surface area contributed by atoms with Gasteiger partial charge < -0.3 is 9.64 Å². The largest absolute Gasteiger partial charge is 0.490 e. The number of nitrogens with one attached hydrogen (secondary N) is 1. The lowest BCUT2D eigenvalue weighted by atomic mass is 9.93. The summed E-state index contributed by atoms with van der Waals surface area (Å²) in [6, 6.07) is 10.2. The van der Waals surface area contributed by atoms with Gasteiger partial charge in [0.1, 0.15) is 12.4 Å². The van der Waals surface area contributed by atoms with E-state index in [0.29, 0.717) is 22.7 Å². The molecule has 1 N–H and O–H groups in total. The number of carbonyl (C=O) groups is 1. The molecule has 0 bridgehead atoms. The SMILES string of the molecule is Cc1ccc(C)c(S(=O)(=O)Nc2ccc3c(c2)N(C)C(=O)C(C)(C)CO3)c1. The Hall–Kier alpha value is -2.54. The molecule has 0 atom stereocenters. The number of nitrogens with zero attached hydrogens (tertiary/aromatic N) is 1. The van der Waals surface area contributed by atoms with Crippen molar-refractivity contribution in [3.8, 4) is 5.75 Å². The number of amides is 1. The molecule has 0 unspecified atom stereocenters. The predicted molar refractivity (Wildman–Crippen MR) is 106 cm³/mol. The van der Waals surface area contributed by atoms with Crippen LogP contribution in [0, 0.1) is 19.3 Å². The first-order chi connectivity index (χ1) is 12.5. The van der Waals surface area contributed by atoms with Gasteiger partial charge >= 0.3 is 0 Å². The first-order valence-electron chi connectivity index (χ1n) is 8.66. The van der Waals surface area contributed by atoms with Crippen molar-refractivity contribution >= 4 is 27.3 Å². The molecule has 0 aromatic heterocycles. The molecule has 1 aliphatic heterocycles. The molecule has 2 aromatic carbocycles. The van der Waals surface area contributed by atoms with Crippen molar-refractivity contribution in [2.45, 2.75) is 32.6 Å². The molecule has 1 heterocycles. The van der Waals surface area contributed by atoms with Crippen LogP contribution >= 0.6 is 0 Å². The lowest BCUT2D eigenvalue weighted by Gasteiger charge is -2.24. The van der Waals surface area contributed by atoms with Gasteiger partial charge in [-0.25, -0.2) is 8.42 Å². The average Bonchev–Trinajstić information content (AvgIpc) is 2.68. The van der Waals surface area contributed by atoms with Gasteiger partial charge in [-0.15, -0.1) is 0 Å². The molecule has 0 spiro atoms. The Morgan fingerprint density at radius 2 is 1.81 bits per heavy atom. The van der Waals surface area contributed by atoms with Gasteiger partial charge in [-0.3, -0.25) is 9.52 Å². The minimum Gasteiger partial charge on any atom is -0.490 e. The van der Waals surface area contributed by atoms with Crippen LogP contribution < -0.4 is 14.4 Å². The molecule has 0 fully saturated rings. The lowest BCUT2D eigenvalue weighted by molar-refractivity contribution is -0.127. The second-order valence-electron chi connectivity index (χ2n) is 7.59. The van der Waals surface area contributed by atoms with E-state index in [-0.39, 0.29) is 17.4 Å². The van der Waals surface area contributed by atoms with Crippen LogP contribution in [0.1, 0.15) is 25.0 Å². The van der Waals surface area contributed by atoms with Gasteiger partial charge in [0.2, 0.25) is 5.91 Å². The summed E-state index contributed by atoms with van der Waals surface area (Å²) in [7, 11) is -2.08. The Balaban J connectivity index is 1.98. The van der Waals surface area contributed by atoms with Gasteiger partial charge in [0.05, 0.1) is 21.7 Å². The molecule has 1 aliphatic rings. The molecule has 6 nitrogen and oxygen atoms in total. The molecule has 3 rings (SSSR count). The second-order valence-corrected chi connectivity index (χ2v) is 9.24. The van der Waals surface area contributed by atoms with E-state index >= 15 is 0 Å². The van der Waals surface area contributed by atoms with Crippen LogP contribution in [0.5, 0.6) is 5.75 Å². The molecule has 0 radical (unpaired) electrons. The van der Waals surface area contributed by atoms with Crippen LogP contribution in [0.3, 0.4) is 0 Å². The van der Waals surface area contributed by atoms with Crippen LogP contribution in [0.4, 0.5) is 11.4 Å². The Bertz CT molecular complexity index is 1010. The molecule has 7 heteroatoms. The number of benzene rings is 2. The highest BCUT2D eigenvalue weighted by molar-refractivity contribution is 7.92. The molecule has 0 aliphatic carbocycles. The zero-order chi connectivity index (χ0) is 20.0. The second kappa shape index (κ2) is 6.56. The van der Waals surface area contributed by atoms with E-state index in [2.05, 4.69) is 4.72 Å². The molecular formula is C20H24N2O4S. The minimum absolute atomic E-state index is 0.0872. The number of rotatable bonds is 3. The number of fused-ring (bicyclic) bond motifs is 1. The molecule has 0 saturated heterocycles.